The van der Waals surface area contributed by atoms with Gasteiger partial charge in [0.25, 0.3) is 5.69 Å². The minimum atomic E-state index is -0.554. The molecule has 3 N–H and O–H groups in total. The van der Waals surface area contributed by atoms with E-state index in [1.807, 2.05) is 0 Å². The van der Waals surface area contributed by atoms with Crippen molar-refractivity contribution in [3.63, 3.8) is 0 Å². The highest BCUT2D eigenvalue weighted by Gasteiger charge is 2.21. The predicted molar refractivity (Wildman–Crippen MR) is 64.8 cm³/mol. The first-order valence-electron chi connectivity index (χ1n) is 4.53. The molecule has 0 saturated carbocycles. The zero-order valence-corrected chi connectivity index (χ0v) is 10.6. The van der Waals surface area contributed by atoms with E-state index in [2.05, 4.69) is 15.9 Å². The van der Waals surface area contributed by atoms with Crippen molar-refractivity contribution < 1.29 is 10.0 Å². The second kappa shape index (κ2) is 5.47. The summed E-state index contributed by atoms with van der Waals surface area (Å²) in [7, 11) is 0. The number of hydrogen-bond acceptors (Lipinski definition) is 4. The Balaban J connectivity index is 3.24. The fourth-order valence-corrected chi connectivity index (χ4v) is 1.94. The van der Waals surface area contributed by atoms with Gasteiger partial charge in [-0.05, 0) is 35.3 Å². The molecular weight excluding hydrogens is 299 g/mol. The Hall–Kier alpha value is -0.850. The molecule has 16 heavy (non-hydrogen) atoms. The topological polar surface area (TPSA) is 89.4 Å². The largest absolute Gasteiger partial charge is 0.506 e. The van der Waals surface area contributed by atoms with Crippen LogP contribution in [0, 0.1) is 10.1 Å². The van der Waals surface area contributed by atoms with Crippen LogP contribution in [0.25, 0.3) is 0 Å². The van der Waals surface area contributed by atoms with E-state index >= 15 is 0 Å². The maximum absolute atomic E-state index is 10.7. The molecule has 0 aromatic heterocycles. The normalized spacial score (nSPS) is 10.4. The Kier molecular flexibility index (Phi) is 4.52. The van der Waals surface area contributed by atoms with E-state index in [4.69, 9.17) is 17.3 Å². The smallest absolute Gasteiger partial charge is 0.285 e. The van der Waals surface area contributed by atoms with E-state index in [0.29, 0.717) is 24.9 Å². The second-order valence-corrected chi connectivity index (χ2v) is 4.35. The van der Waals surface area contributed by atoms with Crippen LogP contribution < -0.4 is 5.73 Å². The lowest BCUT2D eigenvalue weighted by Crippen LogP contribution is -2.01. The van der Waals surface area contributed by atoms with Gasteiger partial charge >= 0.3 is 0 Å². The standard InChI is InChI=1S/C9H10BrClN2O3/c10-7-6(13(15)16)4-5(2-1-3-12)9(14)8(7)11/h4,14H,1-3,12H2. The van der Waals surface area contributed by atoms with Gasteiger partial charge in [0.1, 0.15) is 15.2 Å². The van der Waals surface area contributed by atoms with Crippen molar-refractivity contribution in [3.8, 4) is 5.75 Å². The Labute approximate surface area is 105 Å². The van der Waals surface area contributed by atoms with Gasteiger partial charge in [-0.3, -0.25) is 10.1 Å². The number of nitro groups is 1. The van der Waals surface area contributed by atoms with Crippen LogP contribution in [0.1, 0.15) is 12.0 Å². The van der Waals surface area contributed by atoms with Gasteiger partial charge in [-0.25, -0.2) is 0 Å². The average molecular weight is 310 g/mol. The molecule has 1 aromatic rings. The number of rotatable bonds is 4. The number of nitrogens with two attached hydrogens (primary N) is 1. The molecule has 0 amide bonds. The van der Waals surface area contributed by atoms with Gasteiger partial charge in [-0.1, -0.05) is 11.6 Å². The summed E-state index contributed by atoms with van der Waals surface area (Å²) in [5.74, 6) is -0.132. The fraction of sp³-hybridized carbons (Fsp3) is 0.333. The third-order valence-corrected chi connectivity index (χ3v) is 3.49. The summed E-state index contributed by atoms with van der Waals surface area (Å²) in [6, 6.07) is 1.31. The first kappa shape index (κ1) is 13.2. The minimum absolute atomic E-state index is 0.0405. The lowest BCUT2D eigenvalue weighted by atomic mass is 10.1. The summed E-state index contributed by atoms with van der Waals surface area (Å²) in [6.45, 7) is 0.445. The van der Waals surface area contributed by atoms with Gasteiger partial charge < -0.3 is 10.8 Å². The summed E-state index contributed by atoms with van der Waals surface area (Å²) < 4.78 is 0.0909. The lowest BCUT2D eigenvalue weighted by molar-refractivity contribution is -0.385. The van der Waals surface area contributed by atoms with Gasteiger partial charge in [-0.15, -0.1) is 0 Å². The van der Waals surface area contributed by atoms with Crippen LogP contribution >= 0.6 is 27.5 Å². The number of aromatic hydroxyl groups is 1. The number of nitrogens with zero attached hydrogens (tertiary/aromatic N) is 1. The maximum atomic E-state index is 10.7. The Morgan fingerprint density at radius 2 is 2.25 bits per heavy atom. The van der Waals surface area contributed by atoms with Gasteiger partial charge in [-0.2, -0.15) is 0 Å². The molecule has 5 nitrogen and oxygen atoms in total. The van der Waals surface area contributed by atoms with Crippen LogP contribution in [0.5, 0.6) is 5.75 Å². The average Bonchev–Trinajstić information content (AvgIpc) is 2.24. The molecule has 0 heterocycles. The van der Waals surface area contributed by atoms with Crippen molar-refractivity contribution in [1.82, 2.24) is 0 Å². The highest BCUT2D eigenvalue weighted by atomic mass is 79.9. The summed E-state index contributed by atoms with van der Waals surface area (Å²) >= 11 is 8.75. The van der Waals surface area contributed by atoms with Gasteiger partial charge in [0.15, 0.2) is 0 Å². The molecular formula is C9H10BrClN2O3. The highest BCUT2D eigenvalue weighted by Crippen LogP contribution is 2.41. The molecule has 1 rings (SSSR count). The Morgan fingerprint density at radius 3 is 2.75 bits per heavy atom. The van der Waals surface area contributed by atoms with Crippen molar-refractivity contribution >= 4 is 33.2 Å². The van der Waals surface area contributed by atoms with Crippen LogP contribution in [-0.2, 0) is 6.42 Å². The number of phenols is 1. The number of halogens is 2. The predicted octanol–water partition coefficient (Wildman–Crippen LogP) is 2.61. The first-order valence-corrected chi connectivity index (χ1v) is 5.70. The molecule has 0 atom stereocenters. The van der Waals surface area contributed by atoms with E-state index in [1.165, 1.54) is 6.07 Å². The van der Waals surface area contributed by atoms with Crippen LogP contribution in [0.3, 0.4) is 0 Å². The molecule has 0 bridgehead atoms. The monoisotopic (exact) mass is 308 g/mol. The van der Waals surface area contributed by atoms with Crippen LogP contribution in [0.15, 0.2) is 10.5 Å². The molecule has 0 aliphatic rings. The first-order chi connectivity index (χ1) is 7.49. The van der Waals surface area contributed by atoms with E-state index in [9.17, 15) is 15.2 Å². The number of hydrogen-bond donors (Lipinski definition) is 2. The van der Waals surface area contributed by atoms with Crippen molar-refractivity contribution in [2.45, 2.75) is 12.8 Å². The summed E-state index contributed by atoms with van der Waals surface area (Å²) in [4.78, 5) is 10.2. The third-order valence-electron chi connectivity index (χ3n) is 2.09. The van der Waals surface area contributed by atoms with E-state index in [-0.39, 0.29) is 20.9 Å². The Morgan fingerprint density at radius 1 is 1.62 bits per heavy atom. The van der Waals surface area contributed by atoms with E-state index < -0.39 is 4.92 Å². The molecule has 1 aromatic carbocycles. The summed E-state index contributed by atoms with van der Waals surface area (Å²) in [5.41, 5.74) is 5.61. The fourth-order valence-electron chi connectivity index (χ4n) is 1.27. The molecule has 88 valence electrons. The SMILES string of the molecule is NCCCc1cc([N+](=O)[O-])c(Br)c(Cl)c1O. The highest BCUT2D eigenvalue weighted by molar-refractivity contribution is 9.10. The summed E-state index contributed by atoms with van der Waals surface area (Å²) in [6.07, 6.45) is 1.08. The third kappa shape index (κ3) is 2.63. The molecule has 0 spiro atoms. The lowest BCUT2D eigenvalue weighted by Gasteiger charge is -2.07. The van der Waals surface area contributed by atoms with Crippen molar-refractivity contribution in [1.29, 1.82) is 0 Å². The van der Waals surface area contributed by atoms with Crippen molar-refractivity contribution in [3.05, 3.63) is 31.2 Å². The minimum Gasteiger partial charge on any atom is -0.506 e. The number of phenolic OH excluding ortho intramolecular Hbond substituents is 1. The molecule has 7 heteroatoms. The number of benzene rings is 1. The molecule has 0 radical (unpaired) electrons. The molecule has 0 saturated heterocycles. The summed E-state index contributed by atoms with van der Waals surface area (Å²) in [5, 5.41) is 20.4. The van der Waals surface area contributed by atoms with Gasteiger partial charge in [0, 0.05) is 11.6 Å². The quantitative estimate of drug-likeness (QED) is 0.661. The zero-order chi connectivity index (χ0) is 12.3. The molecule has 0 aliphatic carbocycles. The van der Waals surface area contributed by atoms with Gasteiger partial charge in [0.05, 0.1) is 4.92 Å². The zero-order valence-electron chi connectivity index (χ0n) is 8.24. The van der Waals surface area contributed by atoms with Crippen molar-refractivity contribution in [2.24, 2.45) is 5.73 Å². The van der Waals surface area contributed by atoms with Crippen molar-refractivity contribution in [2.75, 3.05) is 6.54 Å². The molecule has 0 unspecified atom stereocenters. The van der Waals surface area contributed by atoms with Crippen LogP contribution in [-0.4, -0.2) is 16.6 Å². The van der Waals surface area contributed by atoms with Crippen LogP contribution in [0.4, 0.5) is 5.69 Å². The van der Waals surface area contributed by atoms with Gasteiger partial charge in [0.2, 0.25) is 0 Å². The Bertz CT molecular complexity index is 426. The molecule has 0 aliphatic heterocycles. The van der Waals surface area contributed by atoms with Crippen LogP contribution in [0.2, 0.25) is 5.02 Å². The number of nitro benzene ring substituents is 1. The number of aryl methyl sites for hydroxylation is 1. The molecule has 0 fully saturated rings. The van der Waals surface area contributed by atoms with E-state index in [0.717, 1.165) is 0 Å². The second-order valence-electron chi connectivity index (χ2n) is 3.18. The van der Waals surface area contributed by atoms with E-state index in [1.54, 1.807) is 0 Å². The maximum Gasteiger partial charge on any atom is 0.285 e.